The van der Waals surface area contributed by atoms with Crippen molar-refractivity contribution >= 4 is 5.97 Å². The van der Waals surface area contributed by atoms with E-state index in [2.05, 4.69) is 5.10 Å². The van der Waals surface area contributed by atoms with E-state index >= 15 is 0 Å². The van der Waals surface area contributed by atoms with Gasteiger partial charge in [-0.25, -0.2) is 13.6 Å². The number of carbonyl (C=O) groups excluding carboxylic acids is 1. The number of nitrogens with two attached hydrogens (primary N) is 1. The Morgan fingerprint density at radius 1 is 1.61 bits per heavy atom. The van der Waals surface area contributed by atoms with Gasteiger partial charge in [-0.1, -0.05) is 0 Å². The molecule has 0 atom stereocenters. The molecule has 1 aliphatic carbocycles. The Hall–Kier alpha value is -1.50. The van der Waals surface area contributed by atoms with Crippen LogP contribution in [0.4, 0.5) is 8.78 Å². The van der Waals surface area contributed by atoms with E-state index in [1.54, 1.807) is 14.0 Å². The third-order valence-corrected chi connectivity index (χ3v) is 2.98. The minimum Gasteiger partial charge on any atom is -0.461 e. The number of alkyl halides is 2. The largest absolute Gasteiger partial charge is 0.461 e. The number of ether oxygens (including phenoxy) is 1. The first-order valence-electron chi connectivity index (χ1n) is 5.65. The number of hydrogen-bond acceptors (Lipinski definition) is 4. The van der Waals surface area contributed by atoms with Gasteiger partial charge in [0.2, 0.25) is 0 Å². The van der Waals surface area contributed by atoms with Crippen LogP contribution >= 0.6 is 0 Å². The molecule has 0 aliphatic heterocycles. The molecule has 1 aliphatic rings. The van der Waals surface area contributed by atoms with E-state index in [9.17, 15) is 13.6 Å². The molecule has 0 bridgehead atoms. The molecule has 1 fully saturated rings. The van der Waals surface area contributed by atoms with Crippen molar-refractivity contribution in [1.82, 2.24) is 9.78 Å². The van der Waals surface area contributed by atoms with Crippen molar-refractivity contribution in [2.45, 2.75) is 31.2 Å². The Labute approximate surface area is 103 Å². The summed E-state index contributed by atoms with van der Waals surface area (Å²) in [4.78, 5) is 11.7. The minimum atomic E-state index is -2.77. The monoisotopic (exact) mass is 259 g/mol. The summed E-state index contributed by atoms with van der Waals surface area (Å²) < 4.78 is 32.2. The van der Waals surface area contributed by atoms with Crippen molar-refractivity contribution in [3.8, 4) is 0 Å². The maximum Gasteiger partial charge on any atom is 0.359 e. The van der Waals surface area contributed by atoms with Crippen LogP contribution in [0.3, 0.4) is 0 Å². The molecule has 1 aromatic rings. The summed E-state index contributed by atoms with van der Waals surface area (Å²) in [5.74, 6) is -3.40. The fraction of sp³-hybridized carbons (Fsp3) is 0.636. The molecule has 0 radical (unpaired) electrons. The van der Waals surface area contributed by atoms with Gasteiger partial charge >= 0.3 is 5.97 Å². The summed E-state index contributed by atoms with van der Waals surface area (Å²) in [6.07, 6.45) is 0.553. The smallest absolute Gasteiger partial charge is 0.359 e. The molecular weight excluding hydrogens is 244 g/mol. The van der Waals surface area contributed by atoms with Crippen LogP contribution in [-0.4, -0.2) is 28.3 Å². The van der Waals surface area contributed by atoms with Gasteiger partial charge in [0.05, 0.1) is 12.1 Å². The van der Waals surface area contributed by atoms with Crippen molar-refractivity contribution in [2.75, 3.05) is 6.61 Å². The summed E-state index contributed by atoms with van der Waals surface area (Å²) >= 11 is 0. The molecule has 1 heterocycles. The number of rotatable bonds is 3. The maximum atomic E-state index is 13.0. The summed E-state index contributed by atoms with van der Waals surface area (Å²) in [7, 11) is 1.60. The van der Waals surface area contributed by atoms with E-state index < -0.39 is 30.3 Å². The van der Waals surface area contributed by atoms with Crippen LogP contribution in [0, 0.1) is 0 Å². The van der Waals surface area contributed by atoms with Gasteiger partial charge in [0.25, 0.3) is 5.92 Å². The highest BCUT2D eigenvalue weighted by atomic mass is 19.3. The molecule has 1 saturated carbocycles. The lowest BCUT2D eigenvalue weighted by atomic mass is 9.70. The number of halogens is 2. The molecule has 2 N–H and O–H groups in total. The molecule has 2 rings (SSSR count). The van der Waals surface area contributed by atoms with Gasteiger partial charge in [0.1, 0.15) is 0 Å². The zero-order chi connectivity index (χ0) is 13.6. The molecule has 0 saturated heterocycles. The van der Waals surface area contributed by atoms with Gasteiger partial charge in [-0.2, -0.15) is 5.10 Å². The molecule has 5 nitrogen and oxygen atoms in total. The normalized spacial score (nSPS) is 20.3. The Morgan fingerprint density at radius 3 is 2.72 bits per heavy atom. The van der Waals surface area contributed by atoms with E-state index in [4.69, 9.17) is 10.5 Å². The molecule has 0 unspecified atom stereocenters. The van der Waals surface area contributed by atoms with Gasteiger partial charge in [-0.05, 0) is 6.92 Å². The molecular formula is C11H15F2N3O2. The Balaban J connectivity index is 2.31. The van der Waals surface area contributed by atoms with Crippen LogP contribution in [0.15, 0.2) is 6.20 Å². The molecule has 18 heavy (non-hydrogen) atoms. The van der Waals surface area contributed by atoms with Gasteiger partial charge in [-0.3, -0.25) is 4.68 Å². The lowest BCUT2D eigenvalue weighted by Gasteiger charge is -2.44. The summed E-state index contributed by atoms with van der Waals surface area (Å²) in [6, 6.07) is 0. The lowest BCUT2D eigenvalue weighted by molar-refractivity contribution is -0.125. The Kier molecular flexibility index (Phi) is 2.89. The topological polar surface area (TPSA) is 70.1 Å². The molecule has 0 amide bonds. The SMILES string of the molecule is CCOC(=O)c1nn(C)cc1C1(N)CC(F)(F)C1. The maximum absolute atomic E-state index is 13.0. The molecule has 1 aromatic heterocycles. The van der Waals surface area contributed by atoms with Crippen LogP contribution in [0.25, 0.3) is 0 Å². The third-order valence-electron chi connectivity index (χ3n) is 2.98. The number of hydrogen-bond donors (Lipinski definition) is 1. The second kappa shape index (κ2) is 4.01. The first-order chi connectivity index (χ1) is 8.27. The van der Waals surface area contributed by atoms with Crippen LogP contribution in [0.1, 0.15) is 35.8 Å². The Bertz CT molecular complexity index is 477. The predicted molar refractivity (Wildman–Crippen MR) is 59.2 cm³/mol. The Morgan fingerprint density at radius 2 is 2.22 bits per heavy atom. The predicted octanol–water partition coefficient (Wildman–Crippen LogP) is 1.18. The van der Waals surface area contributed by atoms with Crippen LogP contribution in [-0.2, 0) is 17.3 Å². The highest BCUT2D eigenvalue weighted by Gasteiger charge is 2.57. The standard InChI is InChI=1S/C11H15F2N3O2/c1-3-18-9(17)8-7(4-16(2)15-8)10(14)5-11(12,13)6-10/h4H,3,5-6,14H2,1-2H3. The first kappa shape index (κ1) is 12.9. The van der Waals surface area contributed by atoms with Gasteiger partial charge < -0.3 is 10.5 Å². The number of nitrogens with zero attached hydrogens (tertiary/aromatic N) is 2. The van der Waals surface area contributed by atoms with E-state index in [1.807, 2.05) is 0 Å². The summed E-state index contributed by atoms with van der Waals surface area (Å²) in [6.45, 7) is 1.86. The fourth-order valence-corrected chi connectivity index (χ4v) is 2.26. The minimum absolute atomic E-state index is 0.0253. The fourth-order valence-electron chi connectivity index (χ4n) is 2.26. The summed E-state index contributed by atoms with van der Waals surface area (Å²) in [5, 5.41) is 3.94. The third kappa shape index (κ3) is 2.10. The first-order valence-corrected chi connectivity index (χ1v) is 5.65. The van der Waals surface area contributed by atoms with E-state index in [0.717, 1.165) is 0 Å². The number of carbonyl (C=O) groups is 1. The molecule has 100 valence electrons. The van der Waals surface area contributed by atoms with Crippen molar-refractivity contribution in [3.05, 3.63) is 17.5 Å². The van der Waals surface area contributed by atoms with Gasteiger partial charge in [0, 0.05) is 31.6 Å². The quantitative estimate of drug-likeness (QED) is 0.827. The lowest BCUT2D eigenvalue weighted by Crippen LogP contribution is -2.56. The van der Waals surface area contributed by atoms with Crippen molar-refractivity contribution < 1.29 is 18.3 Å². The highest BCUT2D eigenvalue weighted by Crippen LogP contribution is 2.50. The van der Waals surface area contributed by atoms with E-state index in [-0.39, 0.29) is 12.3 Å². The number of esters is 1. The van der Waals surface area contributed by atoms with Gasteiger partial charge in [-0.15, -0.1) is 0 Å². The van der Waals surface area contributed by atoms with Crippen LogP contribution in [0.5, 0.6) is 0 Å². The zero-order valence-electron chi connectivity index (χ0n) is 10.2. The van der Waals surface area contributed by atoms with E-state index in [0.29, 0.717) is 5.56 Å². The van der Waals surface area contributed by atoms with Crippen LogP contribution in [0.2, 0.25) is 0 Å². The molecule has 0 aromatic carbocycles. The van der Waals surface area contributed by atoms with Gasteiger partial charge in [0.15, 0.2) is 5.69 Å². The zero-order valence-corrected chi connectivity index (χ0v) is 10.2. The number of aromatic nitrogens is 2. The van der Waals surface area contributed by atoms with Crippen molar-refractivity contribution in [2.24, 2.45) is 12.8 Å². The average molecular weight is 259 g/mol. The van der Waals surface area contributed by atoms with Crippen LogP contribution < -0.4 is 5.73 Å². The van der Waals surface area contributed by atoms with Crippen molar-refractivity contribution in [3.63, 3.8) is 0 Å². The summed E-state index contributed by atoms with van der Waals surface area (Å²) in [5.41, 5.74) is 5.07. The second-order valence-electron chi connectivity index (χ2n) is 4.65. The number of aryl methyl sites for hydroxylation is 1. The van der Waals surface area contributed by atoms with E-state index in [1.165, 1.54) is 10.9 Å². The highest BCUT2D eigenvalue weighted by molar-refractivity contribution is 5.89. The molecule has 7 heteroatoms. The second-order valence-corrected chi connectivity index (χ2v) is 4.65. The average Bonchev–Trinajstić information content (AvgIpc) is 2.58. The van der Waals surface area contributed by atoms with Crippen molar-refractivity contribution in [1.29, 1.82) is 0 Å². The molecule has 0 spiro atoms.